The van der Waals surface area contributed by atoms with E-state index in [-0.39, 0.29) is 12.3 Å². The topological polar surface area (TPSA) is 96.9 Å². The third-order valence-corrected chi connectivity index (χ3v) is 4.46. The number of carbonyl (C=O) groups excluding carboxylic acids is 2. The minimum atomic E-state index is -0.398. The molecule has 1 aromatic heterocycles. The van der Waals surface area contributed by atoms with E-state index >= 15 is 0 Å². The second kappa shape index (κ2) is 9.03. The van der Waals surface area contributed by atoms with Gasteiger partial charge in [0.25, 0.3) is 0 Å². The summed E-state index contributed by atoms with van der Waals surface area (Å²) in [5.74, 6) is 1.12. The number of rotatable bonds is 6. The standard InChI is InChI=1S/C19H23N5O4/c1-27-14-4-5-16(28-2)15(12-14)22-17(25)13-18(26)23-8-10-24(11-9-23)19-20-6-3-7-21-19/h3-7,12H,8-11,13H2,1-2H3,(H,22,25). The molecule has 9 heteroatoms. The molecule has 2 amide bonds. The Hall–Kier alpha value is -3.36. The van der Waals surface area contributed by atoms with Gasteiger partial charge in [0, 0.05) is 44.6 Å². The maximum atomic E-state index is 12.5. The SMILES string of the molecule is COc1ccc(OC)c(NC(=O)CC(=O)N2CCN(c3ncccn3)CC2)c1. The quantitative estimate of drug-likeness (QED) is 0.746. The van der Waals surface area contributed by atoms with Crippen molar-refractivity contribution in [3.05, 3.63) is 36.7 Å². The number of anilines is 2. The number of carbonyl (C=O) groups is 2. The Labute approximate surface area is 163 Å². The summed E-state index contributed by atoms with van der Waals surface area (Å²) in [6.07, 6.45) is 3.15. The van der Waals surface area contributed by atoms with Crippen molar-refractivity contribution in [1.82, 2.24) is 14.9 Å². The number of amides is 2. The minimum absolute atomic E-state index is 0.215. The number of piperazine rings is 1. The zero-order valence-electron chi connectivity index (χ0n) is 15.9. The lowest BCUT2D eigenvalue weighted by Crippen LogP contribution is -2.49. The Balaban J connectivity index is 1.53. The van der Waals surface area contributed by atoms with E-state index in [1.165, 1.54) is 14.2 Å². The zero-order chi connectivity index (χ0) is 19.9. The van der Waals surface area contributed by atoms with E-state index in [0.717, 1.165) is 0 Å². The molecule has 0 bridgehead atoms. The van der Waals surface area contributed by atoms with Gasteiger partial charge in [0.05, 0.1) is 19.9 Å². The van der Waals surface area contributed by atoms with E-state index in [9.17, 15) is 9.59 Å². The molecular weight excluding hydrogens is 362 g/mol. The summed E-state index contributed by atoms with van der Waals surface area (Å²) in [7, 11) is 3.05. The molecule has 0 radical (unpaired) electrons. The maximum absolute atomic E-state index is 12.5. The number of nitrogens with zero attached hydrogens (tertiary/aromatic N) is 4. The molecule has 0 aliphatic carbocycles. The van der Waals surface area contributed by atoms with Crippen LogP contribution in [0.2, 0.25) is 0 Å². The van der Waals surface area contributed by atoms with Crippen LogP contribution in [0.3, 0.4) is 0 Å². The van der Waals surface area contributed by atoms with Crippen LogP contribution >= 0.6 is 0 Å². The molecule has 0 atom stereocenters. The summed E-state index contributed by atoms with van der Waals surface area (Å²) >= 11 is 0. The summed E-state index contributed by atoms with van der Waals surface area (Å²) in [6.45, 7) is 2.29. The van der Waals surface area contributed by atoms with Crippen LogP contribution in [0.4, 0.5) is 11.6 Å². The van der Waals surface area contributed by atoms with E-state index in [4.69, 9.17) is 9.47 Å². The lowest BCUT2D eigenvalue weighted by Gasteiger charge is -2.34. The molecule has 28 heavy (non-hydrogen) atoms. The summed E-state index contributed by atoms with van der Waals surface area (Å²) < 4.78 is 10.4. The Morgan fingerprint density at radius 2 is 1.79 bits per heavy atom. The molecule has 1 aliphatic heterocycles. The second-order valence-electron chi connectivity index (χ2n) is 6.21. The van der Waals surface area contributed by atoms with Crippen molar-refractivity contribution in [1.29, 1.82) is 0 Å². The molecule has 0 saturated carbocycles. The average molecular weight is 385 g/mol. The Kier molecular flexibility index (Phi) is 6.25. The number of ether oxygens (including phenoxy) is 2. The summed E-state index contributed by atoms with van der Waals surface area (Å²) in [4.78, 5) is 37.0. The number of hydrogen-bond donors (Lipinski definition) is 1. The van der Waals surface area contributed by atoms with E-state index < -0.39 is 5.91 Å². The van der Waals surface area contributed by atoms with Gasteiger partial charge in [0.2, 0.25) is 17.8 Å². The molecular formula is C19H23N5O4. The number of hydrogen-bond acceptors (Lipinski definition) is 7. The molecule has 3 rings (SSSR count). The predicted octanol–water partition coefficient (Wildman–Crippen LogP) is 1.17. The van der Waals surface area contributed by atoms with Gasteiger partial charge < -0.3 is 24.6 Å². The van der Waals surface area contributed by atoms with Crippen LogP contribution < -0.4 is 19.7 Å². The number of benzene rings is 1. The molecule has 1 saturated heterocycles. The lowest BCUT2D eigenvalue weighted by atomic mass is 10.2. The Morgan fingerprint density at radius 3 is 2.43 bits per heavy atom. The van der Waals surface area contributed by atoms with Crippen LogP contribution in [0.5, 0.6) is 11.5 Å². The van der Waals surface area contributed by atoms with Gasteiger partial charge >= 0.3 is 0 Å². The van der Waals surface area contributed by atoms with Gasteiger partial charge in [0.15, 0.2) is 0 Å². The van der Waals surface area contributed by atoms with Crippen LogP contribution in [0.25, 0.3) is 0 Å². The predicted molar refractivity (Wildman–Crippen MR) is 104 cm³/mol. The van der Waals surface area contributed by atoms with Gasteiger partial charge in [-0.3, -0.25) is 9.59 Å². The fraction of sp³-hybridized carbons (Fsp3) is 0.368. The third-order valence-electron chi connectivity index (χ3n) is 4.46. The van der Waals surface area contributed by atoms with E-state index in [0.29, 0.717) is 49.3 Å². The highest BCUT2D eigenvalue weighted by Crippen LogP contribution is 2.29. The molecule has 2 heterocycles. The van der Waals surface area contributed by atoms with E-state index in [1.807, 2.05) is 4.90 Å². The van der Waals surface area contributed by atoms with Crippen LogP contribution in [0, 0.1) is 0 Å². The zero-order valence-corrected chi connectivity index (χ0v) is 15.9. The smallest absolute Gasteiger partial charge is 0.233 e. The number of nitrogens with one attached hydrogen (secondary N) is 1. The largest absolute Gasteiger partial charge is 0.497 e. The molecule has 1 N–H and O–H groups in total. The molecule has 1 aliphatic rings. The second-order valence-corrected chi connectivity index (χ2v) is 6.21. The van der Waals surface area contributed by atoms with Crippen LogP contribution in [0.15, 0.2) is 36.7 Å². The molecule has 9 nitrogen and oxygen atoms in total. The fourth-order valence-electron chi connectivity index (χ4n) is 2.97. The van der Waals surface area contributed by atoms with Gasteiger partial charge in [-0.05, 0) is 18.2 Å². The van der Waals surface area contributed by atoms with E-state index in [1.54, 1.807) is 41.6 Å². The maximum Gasteiger partial charge on any atom is 0.233 e. The highest BCUT2D eigenvalue weighted by atomic mass is 16.5. The fourth-order valence-corrected chi connectivity index (χ4v) is 2.97. The Morgan fingerprint density at radius 1 is 1.07 bits per heavy atom. The van der Waals surface area contributed by atoms with Crippen LogP contribution in [0.1, 0.15) is 6.42 Å². The van der Waals surface area contributed by atoms with Crippen molar-refractivity contribution in [2.24, 2.45) is 0 Å². The molecule has 1 aromatic carbocycles. The summed E-state index contributed by atoms with van der Waals surface area (Å²) in [6, 6.07) is 6.84. The van der Waals surface area contributed by atoms with E-state index in [2.05, 4.69) is 15.3 Å². The average Bonchev–Trinajstić information content (AvgIpc) is 2.74. The molecule has 1 fully saturated rings. The third kappa shape index (κ3) is 4.67. The molecule has 148 valence electrons. The van der Waals surface area contributed by atoms with Crippen LogP contribution in [-0.2, 0) is 9.59 Å². The first kappa shape index (κ1) is 19.4. The summed E-state index contributed by atoms with van der Waals surface area (Å²) in [5, 5.41) is 2.72. The first-order valence-corrected chi connectivity index (χ1v) is 8.92. The van der Waals surface area contributed by atoms with Crippen molar-refractivity contribution in [2.75, 3.05) is 50.6 Å². The molecule has 0 unspecified atom stereocenters. The monoisotopic (exact) mass is 385 g/mol. The van der Waals surface area contributed by atoms with Gasteiger partial charge in [-0.1, -0.05) is 0 Å². The van der Waals surface area contributed by atoms with Crippen molar-refractivity contribution in [2.45, 2.75) is 6.42 Å². The molecule has 0 spiro atoms. The normalized spacial score (nSPS) is 13.8. The van der Waals surface area contributed by atoms with Gasteiger partial charge in [-0.2, -0.15) is 0 Å². The highest BCUT2D eigenvalue weighted by molar-refractivity contribution is 6.04. The summed E-state index contributed by atoms with van der Waals surface area (Å²) in [5.41, 5.74) is 0.464. The van der Waals surface area contributed by atoms with Crippen molar-refractivity contribution < 1.29 is 19.1 Å². The minimum Gasteiger partial charge on any atom is -0.497 e. The molecule has 2 aromatic rings. The van der Waals surface area contributed by atoms with Crippen molar-refractivity contribution in [3.63, 3.8) is 0 Å². The first-order valence-electron chi connectivity index (χ1n) is 8.92. The number of methoxy groups -OCH3 is 2. The highest BCUT2D eigenvalue weighted by Gasteiger charge is 2.24. The van der Waals surface area contributed by atoms with Crippen molar-refractivity contribution >= 4 is 23.5 Å². The van der Waals surface area contributed by atoms with Gasteiger partial charge in [-0.15, -0.1) is 0 Å². The van der Waals surface area contributed by atoms with Crippen LogP contribution in [-0.4, -0.2) is 67.1 Å². The lowest BCUT2D eigenvalue weighted by molar-refractivity contribution is -0.134. The van der Waals surface area contributed by atoms with Gasteiger partial charge in [-0.25, -0.2) is 9.97 Å². The van der Waals surface area contributed by atoms with Crippen molar-refractivity contribution in [3.8, 4) is 11.5 Å². The Bertz CT molecular complexity index is 822. The first-order chi connectivity index (χ1) is 13.6. The van der Waals surface area contributed by atoms with Gasteiger partial charge in [0.1, 0.15) is 17.9 Å². The number of aromatic nitrogens is 2.